The average molecular weight is 216 g/mol. The Balaban J connectivity index is 3.31. The smallest absolute Gasteiger partial charge is 0.303 e. The molecule has 88 valence electrons. The van der Waals surface area contributed by atoms with Gasteiger partial charge in [0, 0.05) is 13.0 Å². The molecule has 0 saturated heterocycles. The summed E-state index contributed by atoms with van der Waals surface area (Å²) in [4.78, 5) is 21.4. The Morgan fingerprint density at radius 3 is 2.53 bits per heavy atom. The van der Waals surface area contributed by atoms with E-state index in [-0.39, 0.29) is 12.3 Å². The highest BCUT2D eigenvalue weighted by Gasteiger charge is 2.08. The van der Waals surface area contributed by atoms with Crippen molar-refractivity contribution >= 4 is 11.9 Å². The maximum Gasteiger partial charge on any atom is 0.303 e. The zero-order valence-corrected chi connectivity index (χ0v) is 9.16. The fraction of sp³-hybridized carbons (Fsp3) is 0.800. The highest BCUT2D eigenvalue weighted by molar-refractivity contribution is 5.81. The van der Waals surface area contributed by atoms with Gasteiger partial charge >= 0.3 is 5.97 Å². The molecule has 0 heterocycles. The summed E-state index contributed by atoms with van der Waals surface area (Å²) in [7, 11) is 0. The van der Waals surface area contributed by atoms with E-state index in [0.717, 1.165) is 12.8 Å². The number of rotatable bonds is 8. The van der Waals surface area contributed by atoms with Gasteiger partial charge in [0.1, 0.15) is 0 Å². The molecule has 0 fully saturated rings. The minimum Gasteiger partial charge on any atom is -0.481 e. The Kier molecular flexibility index (Phi) is 7.62. The molecule has 0 aliphatic heterocycles. The molecule has 5 heteroatoms. The molecular weight excluding hydrogens is 196 g/mol. The number of carboxylic acids is 1. The quantitative estimate of drug-likeness (QED) is 0.515. The number of aliphatic carboxylic acids is 1. The van der Waals surface area contributed by atoms with Gasteiger partial charge in [-0.15, -0.1) is 0 Å². The Hall–Kier alpha value is -1.10. The van der Waals surface area contributed by atoms with Crippen molar-refractivity contribution < 1.29 is 14.7 Å². The molecule has 0 rings (SSSR count). The maximum absolute atomic E-state index is 11.2. The number of hydrogen-bond donors (Lipinski definition) is 3. The summed E-state index contributed by atoms with van der Waals surface area (Å²) in [6.45, 7) is 2.43. The first-order chi connectivity index (χ1) is 7.07. The molecule has 0 aliphatic rings. The van der Waals surface area contributed by atoms with Crippen molar-refractivity contribution in [3.05, 3.63) is 0 Å². The Morgan fingerprint density at radius 1 is 1.33 bits per heavy atom. The van der Waals surface area contributed by atoms with Gasteiger partial charge in [-0.1, -0.05) is 13.3 Å². The summed E-state index contributed by atoms with van der Waals surface area (Å²) in [6, 6.07) is -0.427. The predicted molar refractivity (Wildman–Crippen MR) is 57.4 cm³/mol. The summed E-state index contributed by atoms with van der Waals surface area (Å²) in [5.74, 6) is -0.900. The van der Waals surface area contributed by atoms with Crippen LogP contribution in [0.1, 0.15) is 39.0 Å². The fourth-order valence-electron chi connectivity index (χ4n) is 1.11. The van der Waals surface area contributed by atoms with E-state index in [1.807, 2.05) is 6.92 Å². The molecule has 5 nitrogen and oxygen atoms in total. The van der Waals surface area contributed by atoms with E-state index in [1.54, 1.807) is 0 Å². The van der Waals surface area contributed by atoms with Crippen molar-refractivity contribution in [2.75, 3.05) is 6.54 Å². The molecule has 0 aromatic carbocycles. The molecule has 1 unspecified atom stereocenters. The van der Waals surface area contributed by atoms with Crippen LogP contribution in [0.15, 0.2) is 0 Å². The van der Waals surface area contributed by atoms with Gasteiger partial charge in [-0.3, -0.25) is 9.59 Å². The van der Waals surface area contributed by atoms with Crippen molar-refractivity contribution in [1.29, 1.82) is 0 Å². The molecule has 0 aromatic heterocycles. The third-order valence-corrected chi connectivity index (χ3v) is 2.14. The fourth-order valence-corrected chi connectivity index (χ4v) is 1.11. The second-order valence-corrected chi connectivity index (χ2v) is 3.51. The van der Waals surface area contributed by atoms with Crippen molar-refractivity contribution in [2.45, 2.75) is 45.1 Å². The molecule has 1 atom stereocenters. The van der Waals surface area contributed by atoms with E-state index in [1.165, 1.54) is 0 Å². The van der Waals surface area contributed by atoms with E-state index in [4.69, 9.17) is 10.8 Å². The van der Waals surface area contributed by atoms with E-state index in [2.05, 4.69) is 5.32 Å². The van der Waals surface area contributed by atoms with Crippen LogP contribution in [0.5, 0.6) is 0 Å². The zero-order chi connectivity index (χ0) is 11.7. The Bertz CT molecular complexity index is 207. The van der Waals surface area contributed by atoms with Crippen molar-refractivity contribution in [1.82, 2.24) is 5.32 Å². The van der Waals surface area contributed by atoms with Crippen LogP contribution in [0.4, 0.5) is 0 Å². The van der Waals surface area contributed by atoms with Gasteiger partial charge in [-0.05, 0) is 19.3 Å². The number of carbonyl (C=O) groups is 2. The Morgan fingerprint density at radius 2 is 2.00 bits per heavy atom. The average Bonchev–Trinajstić information content (AvgIpc) is 2.21. The molecule has 1 amide bonds. The summed E-state index contributed by atoms with van der Waals surface area (Å²) in [5, 5.41) is 11.1. The summed E-state index contributed by atoms with van der Waals surface area (Å²) < 4.78 is 0. The molecule has 4 N–H and O–H groups in total. The number of nitrogens with two attached hydrogens (primary N) is 1. The molecule has 0 spiro atoms. The summed E-state index contributed by atoms with van der Waals surface area (Å²) in [6.07, 6.45) is 3.10. The van der Waals surface area contributed by atoms with Crippen molar-refractivity contribution in [2.24, 2.45) is 5.73 Å². The number of unbranched alkanes of at least 4 members (excludes halogenated alkanes) is 2. The monoisotopic (exact) mass is 216 g/mol. The van der Waals surface area contributed by atoms with Crippen LogP contribution in [-0.2, 0) is 9.59 Å². The molecule has 0 radical (unpaired) electrons. The molecule has 0 aliphatic carbocycles. The molecule has 15 heavy (non-hydrogen) atoms. The van der Waals surface area contributed by atoms with Gasteiger partial charge in [-0.2, -0.15) is 0 Å². The van der Waals surface area contributed by atoms with Gasteiger partial charge in [0.15, 0.2) is 0 Å². The van der Waals surface area contributed by atoms with Crippen LogP contribution in [-0.4, -0.2) is 29.6 Å². The topological polar surface area (TPSA) is 92.4 Å². The number of carbonyl (C=O) groups excluding carboxylic acids is 1. The second-order valence-electron chi connectivity index (χ2n) is 3.51. The SMILES string of the molecule is CCC(N)C(=O)NCCCCCC(=O)O. The zero-order valence-electron chi connectivity index (χ0n) is 9.16. The van der Waals surface area contributed by atoms with Crippen LogP contribution < -0.4 is 11.1 Å². The van der Waals surface area contributed by atoms with E-state index in [9.17, 15) is 9.59 Å². The molecule has 0 bridgehead atoms. The maximum atomic E-state index is 11.2. The van der Waals surface area contributed by atoms with Crippen LogP contribution in [0, 0.1) is 0 Å². The van der Waals surface area contributed by atoms with E-state index >= 15 is 0 Å². The lowest BCUT2D eigenvalue weighted by Crippen LogP contribution is -2.40. The molecule has 0 aromatic rings. The number of nitrogens with one attached hydrogen (secondary N) is 1. The highest BCUT2D eigenvalue weighted by Crippen LogP contribution is 1.98. The van der Waals surface area contributed by atoms with E-state index < -0.39 is 12.0 Å². The highest BCUT2D eigenvalue weighted by atomic mass is 16.4. The van der Waals surface area contributed by atoms with Crippen LogP contribution >= 0.6 is 0 Å². The lowest BCUT2D eigenvalue weighted by molar-refractivity contribution is -0.137. The van der Waals surface area contributed by atoms with Gasteiger partial charge in [0.2, 0.25) is 5.91 Å². The Labute approximate surface area is 90.0 Å². The largest absolute Gasteiger partial charge is 0.481 e. The van der Waals surface area contributed by atoms with Crippen molar-refractivity contribution in [3.8, 4) is 0 Å². The van der Waals surface area contributed by atoms with Gasteiger partial charge in [0.25, 0.3) is 0 Å². The standard InChI is InChI=1S/C10H20N2O3/c1-2-8(11)10(15)12-7-5-3-4-6-9(13)14/h8H,2-7,11H2,1H3,(H,12,15)(H,13,14). The summed E-state index contributed by atoms with van der Waals surface area (Å²) in [5.41, 5.74) is 5.51. The minimum absolute atomic E-state index is 0.129. The van der Waals surface area contributed by atoms with Gasteiger partial charge < -0.3 is 16.2 Å². The molecule has 0 saturated carbocycles. The van der Waals surface area contributed by atoms with E-state index in [0.29, 0.717) is 19.4 Å². The predicted octanol–water partition coefficient (Wildman–Crippen LogP) is 0.485. The first-order valence-corrected chi connectivity index (χ1v) is 5.33. The van der Waals surface area contributed by atoms with Crippen LogP contribution in [0.25, 0.3) is 0 Å². The number of hydrogen-bond acceptors (Lipinski definition) is 3. The van der Waals surface area contributed by atoms with Crippen LogP contribution in [0.2, 0.25) is 0 Å². The summed E-state index contributed by atoms with van der Waals surface area (Å²) >= 11 is 0. The van der Waals surface area contributed by atoms with Gasteiger partial charge in [-0.25, -0.2) is 0 Å². The third kappa shape index (κ3) is 7.93. The third-order valence-electron chi connectivity index (χ3n) is 2.14. The van der Waals surface area contributed by atoms with Crippen molar-refractivity contribution in [3.63, 3.8) is 0 Å². The molecular formula is C10H20N2O3. The lowest BCUT2D eigenvalue weighted by atomic mass is 10.2. The lowest BCUT2D eigenvalue weighted by Gasteiger charge is -2.09. The number of carboxylic acid groups (broad SMARTS) is 1. The first kappa shape index (κ1) is 13.9. The second kappa shape index (κ2) is 8.23. The number of amides is 1. The first-order valence-electron chi connectivity index (χ1n) is 5.33. The normalized spacial score (nSPS) is 12.1. The minimum atomic E-state index is -0.771. The van der Waals surface area contributed by atoms with Crippen LogP contribution in [0.3, 0.4) is 0 Å². The van der Waals surface area contributed by atoms with Gasteiger partial charge in [0.05, 0.1) is 6.04 Å².